The van der Waals surface area contributed by atoms with E-state index >= 15 is 0 Å². The third-order valence-electron chi connectivity index (χ3n) is 5.82. The van der Waals surface area contributed by atoms with E-state index in [1.807, 2.05) is 12.1 Å². The number of nitrogens with one attached hydrogen (secondary N) is 2. The van der Waals surface area contributed by atoms with Crippen LogP contribution in [0.2, 0.25) is 0 Å². The summed E-state index contributed by atoms with van der Waals surface area (Å²) in [6.45, 7) is 6.69. The second kappa shape index (κ2) is 13.1. The van der Waals surface area contributed by atoms with Gasteiger partial charge in [-0.2, -0.15) is 0 Å². The molecule has 0 aliphatic carbocycles. The summed E-state index contributed by atoms with van der Waals surface area (Å²) < 4.78 is 39.1. The highest BCUT2D eigenvalue weighted by Gasteiger charge is 2.27. The Balaban J connectivity index is 0.00000306. The lowest BCUT2D eigenvalue weighted by Gasteiger charge is -2.26. The van der Waals surface area contributed by atoms with Gasteiger partial charge in [0.25, 0.3) is 0 Å². The summed E-state index contributed by atoms with van der Waals surface area (Å²) in [4.78, 5) is 8.85. The molecule has 0 saturated carbocycles. The Labute approximate surface area is 210 Å². The lowest BCUT2D eigenvalue weighted by molar-refractivity contribution is 0.0394. The third-order valence-corrected chi connectivity index (χ3v) is 5.82. The first kappa shape index (κ1) is 25.7. The van der Waals surface area contributed by atoms with Gasteiger partial charge in [0.15, 0.2) is 5.96 Å². The number of rotatable bonds is 8. The Morgan fingerprint density at radius 1 is 1.09 bits per heavy atom. The van der Waals surface area contributed by atoms with Gasteiger partial charge < -0.3 is 24.7 Å². The summed E-state index contributed by atoms with van der Waals surface area (Å²) >= 11 is 0. The summed E-state index contributed by atoms with van der Waals surface area (Å²) in [6, 6.07) is 7.86. The number of hydrogen-bond donors (Lipinski definition) is 2. The van der Waals surface area contributed by atoms with Gasteiger partial charge >= 0.3 is 0 Å². The topological polar surface area (TPSA) is 65.3 Å². The van der Waals surface area contributed by atoms with E-state index < -0.39 is 11.6 Å². The fourth-order valence-corrected chi connectivity index (χ4v) is 4.11. The largest absolute Gasteiger partial charge is 0.469 e. The third kappa shape index (κ3) is 7.54. The molecule has 182 valence electrons. The summed E-state index contributed by atoms with van der Waals surface area (Å²) in [6.07, 6.45) is 3.18. The van der Waals surface area contributed by atoms with Crippen LogP contribution >= 0.6 is 24.0 Å². The number of nitrogens with zero attached hydrogens (tertiary/aromatic N) is 3. The molecule has 0 amide bonds. The minimum absolute atomic E-state index is 0. The number of morpholine rings is 1. The number of aliphatic imine (C=N–C) groups is 1. The molecular formula is C23H32F2IN5O2. The van der Waals surface area contributed by atoms with Crippen molar-refractivity contribution in [2.45, 2.75) is 18.9 Å². The smallest absolute Gasteiger partial charge is 0.191 e. The van der Waals surface area contributed by atoms with E-state index in [9.17, 15) is 8.78 Å². The van der Waals surface area contributed by atoms with Crippen molar-refractivity contribution < 1.29 is 17.9 Å². The Kier molecular flexibility index (Phi) is 10.2. The van der Waals surface area contributed by atoms with Crippen LogP contribution in [0.15, 0.2) is 46.0 Å². The molecule has 1 unspecified atom stereocenters. The molecule has 33 heavy (non-hydrogen) atoms. The number of guanidine groups is 1. The molecule has 2 fully saturated rings. The molecule has 10 heteroatoms. The highest BCUT2D eigenvalue weighted by atomic mass is 127. The van der Waals surface area contributed by atoms with Crippen molar-refractivity contribution in [3.63, 3.8) is 0 Å². The van der Waals surface area contributed by atoms with Crippen LogP contribution in [0.4, 0.5) is 14.5 Å². The number of anilines is 1. The Morgan fingerprint density at radius 3 is 2.61 bits per heavy atom. The van der Waals surface area contributed by atoms with Crippen LogP contribution < -0.4 is 15.5 Å². The highest BCUT2D eigenvalue weighted by molar-refractivity contribution is 14.0. The normalized spacial score (nSPS) is 19.4. The van der Waals surface area contributed by atoms with E-state index in [1.165, 1.54) is 18.2 Å². The molecule has 7 nitrogen and oxygen atoms in total. The fourth-order valence-electron chi connectivity index (χ4n) is 4.11. The first-order valence-electron chi connectivity index (χ1n) is 11.3. The van der Waals surface area contributed by atoms with Crippen LogP contribution in [0.1, 0.15) is 12.2 Å². The number of para-hydroxylation sites is 1. The van der Waals surface area contributed by atoms with E-state index in [4.69, 9.17) is 14.1 Å². The van der Waals surface area contributed by atoms with E-state index in [-0.39, 0.29) is 35.7 Å². The van der Waals surface area contributed by atoms with Crippen LogP contribution in [0, 0.1) is 11.6 Å². The first-order valence-corrected chi connectivity index (χ1v) is 11.3. The number of furan rings is 1. The average molecular weight is 575 g/mol. The highest BCUT2D eigenvalue weighted by Crippen LogP contribution is 2.26. The molecule has 0 radical (unpaired) electrons. The van der Waals surface area contributed by atoms with E-state index in [0.717, 1.165) is 51.4 Å². The van der Waals surface area contributed by atoms with Gasteiger partial charge in [0.2, 0.25) is 0 Å². The summed E-state index contributed by atoms with van der Waals surface area (Å²) in [5.74, 6) is 0.571. The van der Waals surface area contributed by atoms with Crippen molar-refractivity contribution in [1.82, 2.24) is 15.5 Å². The van der Waals surface area contributed by atoms with Gasteiger partial charge in [0.1, 0.15) is 23.1 Å². The second-order valence-corrected chi connectivity index (χ2v) is 8.09. The van der Waals surface area contributed by atoms with Gasteiger partial charge in [-0.05, 0) is 30.7 Å². The van der Waals surface area contributed by atoms with Gasteiger partial charge in [-0.3, -0.25) is 9.89 Å². The fraction of sp³-hybridized carbons (Fsp3) is 0.522. The predicted molar refractivity (Wildman–Crippen MR) is 136 cm³/mol. The molecule has 2 aromatic rings. The number of benzene rings is 1. The molecule has 3 heterocycles. The van der Waals surface area contributed by atoms with Crippen molar-refractivity contribution in [3.05, 3.63) is 54.0 Å². The maximum Gasteiger partial charge on any atom is 0.191 e. The quantitative estimate of drug-likeness (QED) is 0.287. The van der Waals surface area contributed by atoms with Gasteiger partial charge in [-0.25, -0.2) is 8.78 Å². The minimum Gasteiger partial charge on any atom is -0.469 e. The van der Waals surface area contributed by atoms with Gasteiger partial charge in [-0.1, -0.05) is 6.07 Å². The monoisotopic (exact) mass is 575 g/mol. The van der Waals surface area contributed by atoms with E-state index in [0.29, 0.717) is 32.1 Å². The van der Waals surface area contributed by atoms with Crippen molar-refractivity contribution >= 4 is 35.6 Å². The van der Waals surface area contributed by atoms with E-state index in [1.54, 1.807) is 11.2 Å². The Morgan fingerprint density at radius 2 is 1.88 bits per heavy atom. The van der Waals surface area contributed by atoms with Gasteiger partial charge in [-0.15, -0.1) is 24.0 Å². The maximum absolute atomic E-state index is 14.2. The zero-order valence-electron chi connectivity index (χ0n) is 18.6. The molecule has 2 aliphatic rings. The molecule has 1 aromatic heterocycles. The van der Waals surface area contributed by atoms with Crippen LogP contribution in [0.5, 0.6) is 0 Å². The molecule has 2 aliphatic heterocycles. The first-order chi connectivity index (χ1) is 15.7. The van der Waals surface area contributed by atoms with Gasteiger partial charge in [0.05, 0.1) is 26.0 Å². The average Bonchev–Trinajstić information content (AvgIpc) is 3.47. The van der Waals surface area contributed by atoms with Crippen LogP contribution in [0.25, 0.3) is 0 Å². The molecule has 4 rings (SSSR count). The van der Waals surface area contributed by atoms with Crippen molar-refractivity contribution in [2.75, 3.05) is 63.9 Å². The molecule has 0 bridgehead atoms. The standard InChI is InChI=1S/C23H31F2N5O2.HI/c24-20-4-1-5-21(25)22(20)30-10-7-18(17-30)28-23(26-8-6-19-3-2-14-32-19)27-9-11-29-12-15-31-16-13-29;/h1-5,14,18H,6-13,15-17H2,(H2,26,27,28);1H. The lowest BCUT2D eigenvalue weighted by Crippen LogP contribution is -2.46. The predicted octanol–water partition coefficient (Wildman–Crippen LogP) is 2.86. The molecular weight excluding hydrogens is 543 g/mol. The van der Waals surface area contributed by atoms with Crippen molar-refractivity contribution in [1.29, 1.82) is 0 Å². The molecule has 1 atom stereocenters. The zero-order chi connectivity index (χ0) is 22.2. The maximum atomic E-state index is 14.2. The van der Waals surface area contributed by atoms with Crippen LogP contribution in [-0.2, 0) is 11.2 Å². The molecule has 1 aromatic carbocycles. The number of halogens is 3. The summed E-state index contributed by atoms with van der Waals surface area (Å²) in [5, 5.41) is 6.82. The van der Waals surface area contributed by atoms with Crippen molar-refractivity contribution in [2.24, 2.45) is 4.99 Å². The van der Waals surface area contributed by atoms with Crippen molar-refractivity contribution in [3.8, 4) is 0 Å². The van der Waals surface area contributed by atoms with Crippen LogP contribution in [-0.4, -0.2) is 75.9 Å². The number of hydrogen-bond acceptors (Lipinski definition) is 5. The second-order valence-electron chi connectivity index (χ2n) is 8.09. The summed E-state index contributed by atoms with van der Waals surface area (Å²) in [7, 11) is 0. The summed E-state index contributed by atoms with van der Waals surface area (Å²) in [5.41, 5.74) is 0.0494. The molecule has 0 spiro atoms. The zero-order valence-corrected chi connectivity index (χ0v) is 21.0. The number of ether oxygens (including phenoxy) is 1. The SMILES string of the molecule is Fc1cccc(F)c1N1CCC(NC(=NCCN2CCOCC2)NCCc2ccco2)C1.I. The minimum atomic E-state index is -0.526. The molecule has 2 N–H and O–H groups in total. The molecule has 2 saturated heterocycles. The Hall–Kier alpha value is -1.92. The van der Waals surface area contributed by atoms with E-state index in [2.05, 4.69) is 15.5 Å². The Bertz CT molecular complexity index is 857. The lowest BCUT2D eigenvalue weighted by atomic mass is 10.2. The van der Waals surface area contributed by atoms with Crippen LogP contribution in [0.3, 0.4) is 0 Å². The van der Waals surface area contributed by atoms with Gasteiger partial charge in [0, 0.05) is 51.7 Å².